The SMILES string of the molecule is O=C(O)c1ccc(NCCN2CCCCC2)c(F)c1F. The summed E-state index contributed by atoms with van der Waals surface area (Å²) in [6, 6.07) is 2.34. The molecule has 0 unspecified atom stereocenters. The van der Waals surface area contributed by atoms with E-state index in [9.17, 15) is 13.6 Å². The van der Waals surface area contributed by atoms with Crippen molar-refractivity contribution in [3.63, 3.8) is 0 Å². The highest BCUT2D eigenvalue weighted by Gasteiger charge is 2.18. The van der Waals surface area contributed by atoms with Crippen molar-refractivity contribution in [2.75, 3.05) is 31.5 Å². The fraction of sp³-hybridized carbons (Fsp3) is 0.500. The Balaban J connectivity index is 1.92. The third-order valence-corrected chi connectivity index (χ3v) is 3.50. The van der Waals surface area contributed by atoms with Gasteiger partial charge in [0.05, 0.1) is 11.3 Å². The Bertz CT molecular complexity index is 488. The zero-order chi connectivity index (χ0) is 14.5. The Kier molecular flexibility index (Phi) is 4.89. The number of hydrogen-bond donors (Lipinski definition) is 2. The van der Waals surface area contributed by atoms with Crippen LogP contribution in [0.4, 0.5) is 14.5 Å². The average Bonchev–Trinajstić information content (AvgIpc) is 2.44. The van der Waals surface area contributed by atoms with Crippen LogP contribution in [0.15, 0.2) is 12.1 Å². The van der Waals surface area contributed by atoms with Crippen molar-refractivity contribution in [3.05, 3.63) is 29.3 Å². The fourth-order valence-electron chi connectivity index (χ4n) is 2.38. The molecule has 20 heavy (non-hydrogen) atoms. The molecule has 0 atom stereocenters. The number of carboxylic acids is 1. The van der Waals surface area contributed by atoms with Crippen LogP contribution in [-0.4, -0.2) is 42.2 Å². The monoisotopic (exact) mass is 284 g/mol. The molecule has 0 radical (unpaired) electrons. The van der Waals surface area contributed by atoms with E-state index in [2.05, 4.69) is 10.2 Å². The highest BCUT2D eigenvalue weighted by atomic mass is 19.2. The minimum Gasteiger partial charge on any atom is -0.478 e. The molecule has 2 rings (SSSR count). The molecular formula is C14H18F2N2O2. The number of carboxylic acid groups (broad SMARTS) is 1. The summed E-state index contributed by atoms with van der Waals surface area (Å²) in [7, 11) is 0. The first kappa shape index (κ1) is 14.7. The lowest BCUT2D eigenvalue weighted by atomic mass is 10.1. The summed E-state index contributed by atoms with van der Waals surface area (Å²) in [6.45, 7) is 3.34. The van der Waals surface area contributed by atoms with E-state index in [1.165, 1.54) is 25.3 Å². The van der Waals surface area contributed by atoms with Gasteiger partial charge in [0.1, 0.15) is 0 Å². The minimum atomic E-state index is -1.47. The van der Waals surface area contributed by atoms with Crippen LogP contribution in [0.1, 0.15) is 29.6 Å². The third-order valence-electron chi connectivity index (χ3n) is 3.50. The summed E-state index contributed by atoms with van der Waals surface area (Å²) in [6.07, 6.45) is 3.60. The number of aromatic carboxylic acids is 1. The molecule has 0 saturated carbocycles. The van der Waals surface area contributed by atoms with E-state index in [-0.39, 0.29) is 5.69 Å². The van der Waals surface area contributed by atoms with Crippen molar-refractivity contribution < 1.29 is 18.7 Å². The molecule has 2 N–H and O–H groups in total. The van der Waals surface area contributed by atoms with Crippen molar-refractivity contribution in [1.82, 2.24) is 4.90 Å². The summed E-state index contributed by atoms with van der Waals surface area (Å²) >= 11 is 0. The Morgan fingerprint density at radius 3 is 2.55 bits per heavy atom. The van der Waals surface area contributed by atoms with E-state index in [1.54, 1.807) is 0 Å². The number of halogens is 2. The highest BCUT2D eigenvalue weighted by Crippen LogP contribution is 2.20. The normalized spacial score (nSPS) is 16.1. The van der Waals surface area contributed by atoms with Gasteiger partial charge in [-0.15, -0.1) is 0 Å². The van der Waals surface area contributed by atoms with Gasteiger partial charge in [-0.3, -0.25) is 0 Å². The van der Waals surface area contributed by atoms with Gasteiger partial charge in [0.25, 0.3) is 0 Å². The average molecular weight is 284 g/mol. The molecule has 1 aliphatic heterocycles. The molecule has 0 aliphatic carbocycles. The number of likely N-dealkylation sites (tertiary alicyclic amines) is 1. The topological polar surface area (TPSA) is 52.6 Å². The number of hydrogen-bond acceptors (Lipinski definition) is 3. The second kappa shape index (κ2) is 6.65. The van der Waals surface area contributed by atoms with Crippen LogP contribution in [0.25, 0.3) is 0 Å². The predicted octanol–water partition coefficient (Wildman–Crippen LogP) is 2.56. The number of nitrogens with one attached hydrogen (secondary N) is 1. The Labute approximate surface area is 116 Å². The fourth-order valence-corrected chi connectivity index (χ4v) is 2.38. The van der Waals surface area contributed by atoms with Gasteiger partial charge < -0.3 is 15.3 Å². The second-order valence-electron chi connectivity index (χ2n) is 4.92. The lowest BCUT2D eigenvalue weighted by molar-refractivity contribution is 0.0690. The van der Waals surface area contributed by atoms with E-state index >= 15 is 0 Å². The quantitative estimate of drug-likeness (QED) is 0.872. The first-order valence-electron chi connectivity index (χ1n) is 6.77. The lowest BCUT2D eigenvalue weighted by Crippen LogP contribution is -2.33. The summed E-state index contributed by atoms with van der Waals surface area (Å²) < 4.78 is 27.2. The highest BCUT2D eigenvalue weighted by molar-refractivity contribution is 5.88. The Morgan fingerprint density at radius 2 is 1.90 bits per heavy atom. The molecule has 4 nitrogen and oxygen atoms in total. The summed E-state index contributed by atoms with van der Waals surface area (Å²) in [5.41, 5.74) is -0.645. The lowest BCUT2D eigenvalue weighted by Gasteiger charge is -2.26. The molecule has 1 saturated heterocycles. The van der Waals surface area contributed by atoms with Gasteiger partial charge in [-0.1, -0.05) is 6.42 Å². The van der Waals surface area contributed by atoms with E-state index in [1.807, 2.05) is 0 Å². The number of nitrogens with zero attached hydrogens (tertiary/aromatic N) is 1. The Hall–Kier alpha value is -1.69. The van der Waals surface area contributed by atoms with Crippen LogP contribution >= 0.6 is 0 Å². The molecule has 1 aliphatic rings. The van der Waals surface area contributed by atoms with Gasteiger partial charge in [0.2, 0.25) is 0 Å². The molecule has 110 valence electrons. The van der Waals surface area contributed by atoms with Crippen molar-refractivity contribution >= 4 is 11.7 Å². The number of piperidine rings is 1. The number of benzene rings is 1. The van der Waals surface area contributed by atoms with Crippen LogP contribution < -0.4 is 5.32 Å². The van der Waals surface area contributed by atoms with Crippen LogP contribution in [0.3, 0.4) is 0 Å². The molecule has 1 fully saturated rings. The first-order valence-corrected chi connectivity index (χ1v) is 6.77. The largest absolute Gasteiger partial charge is 0.478 e. The molecule has 1 aromatic rings. The smallest absolute Gasteiger partial charge is 0.338 e. The molecule has 0 bridgehead atoms. The standard InChI is InChI=1S/C14H18F2N2O2/c15-12-10(14(19)20)4-5-11(13(12)16)17-6-9-18-7-2-1-3-8-18/h4-5,17H,1-3,6-9H2,(H,19,20). The van der Waals surface area contributed by atoms with E-state index in [0.29, 0.717) is 6.54 Å². The summed E-state index contributed by atoms with van der Waals surface area (Å²) in [5, 5.41) is 11.5. The maximum Gasteiger partial charge on any atom is 0.338 e. The van der Waals surface area contributed by atoms with Gasteiger partial charge in [-0.2, -0.15) is 0 Å². The van der Waals surface area contributed by atoms with Crippen molar-refractivity contribution in [2.45, 2.75) is 19.3 Å². The Morgan fingerprint density at radius 1 is 1.20 bits per heavy atom. The molecule has 0 spiro atoms. The maximum absolute atomic E-state index is 13.7. The molecule has 1 heterocycles. The van der Waals surface area contributed by atoms with Crippen LogP contribution in [0.5, 0.6) is 0 Å². The van der Waals surface area contributed by atoms with Gasteiger partial charge in [-0.05, 0) is 38.1 Å². The van der Waals surface area contributed by atoms with E-state index < -0.39 is 23.2 Å². The van der Waals surface area contributed by atoms with Crippen LogP contribution in [-0.2, 0) is 0 Å². The first-order chi connectivity index (χ1) is 9.59. The van der Waals surface area contributed by atoms with Crippen LogP contribution in [0.2, 0.25) is 0 Å². The van der Waals surface area contributed by atoms with Gasteiger partial charge in [-0.25, -0.2) is 13.6 Å². The summed E-state index contributed by atoms with van der Waals surface area (Å²) in [5.74, 6) is -3.93. The number of anilines is 1. The maximum atomic E-state index is 13.7. The molecular weight excluding hydrogens is 266 g/mol. The summed E-state index contributed by atoms with van der Waals surface area (Å²) in [4.78, 5) is 12.9. The van der Waals surface area contributed by atoms with E-state index in [0.717, 1.165) is 25.7 Å². The number of carbonyl (C=O) groups is 1. The van der Waals surface area contributed by atoms with Crippen molar-refractivity contribution in [1.29, 1.82) is 0 Å². The molecule has 0 amide bonds. The van der Waals surface area contributed by atoms with E-state index in [4.69, 9.17) is 5.11 Å². The number of rotatable bonds is 5. The van der Waals surface area contributed by atoms with Crippen LogP contribution in [0, 0.1) is 11.6 Å². The molecule has 6 heteroatoms. The van der Waals surface area contributed by atoms with Gasteiger partial charge in [0.15, 0.2) is 11.6 Å². The van der Waals surface area contributed by atoms with Gasteiger partial charge >= 0.3 is 5.97 Å². The zero-order valence-electron chi connectivity index (χ0n) is 11.2. The second-order valence-corrected chi connectivity index (χ2v) is 4.92. The molecule has 0 aromatic heterocycles. The van der Waals surface area contributed by atoms with Crippen molar-refractivity contribution in [2.24, 2.45) is 0 Å². The van der Waals surface area contributed by atoms with Crippen molar-refractivity contribution in [3.8, 4) is 0 Å². The minimum absolute atomic E-state index is 0.00418. The third kappa shape index (κ3) is 3.45. The van der Waals surface area contributed by atoms with Gasteiger partial charge in [0, 0.05) is 13.1 Å². The predicted molar refractivity (Wildman–Crippen MR) is 72.1 cm³/mol. The zero-order valence-corrected chi connectivity index (χ0v) is 11.2. The molecule has 1 aromatic carbocycles.